The summed E-state index contributed by atoms with van der Waals surface area (Å²) >= 11 is 0. The molecule has 1 amide bonds. The van der Waals surface area contributed by atoms with Crippen LogP contribution in [0.3, 0.4) is 0 Å². The molecule has 124 valence electrons. The van der Waals surface area contributed by atoms with E-state index in [0.29, 0.717) is 5.69 Å². The Hall–Kier alpha value is -2.97. The highest BCUT2D eigenvalue weighted by Gasteiger charge is 2.34. The molecule has 1 saturated heterocycles. The molecular weight excluding hydrogens is 308 g/mol. The van der Waals surface area contributed by atoms with E-state index in [1.165, 1.54) is 0 Å². The van der Waals surface area contributed by atoms with Gasteiger partial charge >= 0.3 is 0 Å². The van der Waals surface area contributed by atoms with Gasteiger partial charge in [-0.1, -0.05) is 0 Å². The molecule has 9 heteroatoms. The number of carbonyl (C=O) groups excluding carboxylic acids is 1. The van der Waals surface area contributed by atoms with Gasteiger partial charge in [0.2, 0.25) is 0 Å². The van der Waals surface area contributed by atoms with Crippen molar-refractivity contribution >= 4 is 17.4 Å². The Morgan fingerprint density at radius 2 is 2.04 bits per heavy atom. The molecule has 0 saturated carbocycles. The van der Waals surface area contributed by atoms with E-state index in [-0.39, 0.29) is 11.9 Å². The van der Waals surface area contributed by atoms with Gasteiger partial charge in [-0.05, 0) is 25.1 Å². The first kappa shape index (κ1) is 14.6. The van der Waals surface area contributed by atoms with Gasteiger partial charge in [-0.25, -0.2) is 0 Å². The summed E-state index contributed by atoms with van der Waals surface area (Å²) in [4.78, 5) is 16.4. The average Bonchev–Trinajstić information content (AvgIpc) is 3.11. The van der Waals surface area contributed by atoms with Crippen LogP contribution in [-0.4, -0.2) is 66.6 Å². The standard InChI is InChI=1S/C15H18N8O/c1-10-17-18-13-4-5-14(19-23(10)13)22-8-11(9-22)20(2)15(24)12-6-7-16-21(12)3/h4-7,11H,8-9H2,1-3H3. The van der Waals surface area contributed by atoms with E-state index in [4.69, 9.17) is 0 Å². The Morgan fingerprint density at radius 3 is 2.75 bits per heavy atom. The van der Waals surface area contributed by atoms with Gasteiger partial charge in [-0.2, -0.15) is 9.61 Å². The van der Waals surface area contributed by atoms with E-state index in [2.05, 4.69) is 25.3 Å². The van der Waals surface area contributed by atoms with Crippen molar-refractivity contribution in [2.24, 2.45) is 7.05 Å². The predicted molar refractivity (Wildman–Crippen MR) is 86.8 cm³/mol. The number of hydrogen-bond acceptors (Lipinski definition) is 6. The zero-order chi connectivity index (χ0) is 16.8. The van der Waals surface area contributed by atoms with Gasteiger partial charge in [-0.3, -0.25) is 9.48 Å². The monoisotopic (exact) mass is 326 g/mol. The Bertz CT molecular complexity index is 907. The number of likely N-dealkylation sites (N-methyl/N-ethyl adjacent to an activating group) is 1. The summed E-state index contributed by atoms with van der Waals surface area (Å²) in [5, 5.41) is 16.7. The zero-order valence-corrected chi connectivity index (χ0v) is 13.8. The largest absolute Gasteiger partial charge is 0.351 e. The fraction of sp³-hybridized carbons (Fsp3) is 0.400. The Morgan fingerprint density at radius 1 is 1.25 bits per heavy atom. The highest BCUT2D eigenvalue weighted by atomic mass is 16.2. The molecular formula is C15H18N8O. The highest BCUT2D eigenvalue weighted by molar-refractivity contribution is 5.92. The van der Waals surface area contributed by atoms with Gasteiger partial charge < -0.3 is 9.80 Å². The van der Waals surface area contributed by atoms with Gasteiger partial charge in [0.15, 0.2) is 11.5 Å². The SMILES string of the molecule is Cc1nnc2ccc(N3CC(N(C)C(=O)c4ccnn4C)C3)nn12. The van der Waals surface area contributed by atoms with Crippen LogP contribution in [0.15, 0.2) is 24.4 Å². The lowest BCUT2D eigenvalue weighted by Gasteiger charge is -2.44. The van der Waals surface area contributed by atoms with Crippen LogP contribution >= 0.6 is 0 Å². The van der Waals surface area contributed by atoms with E-state index < -0.39 is 0 Å². The number of anilines is 1. The molecule has 1 aliphatic heterocycles. The van der Waals surface area contributed by atoms with Crippen molar-refractivity contribution in [3.63, 3.8) is 0 Å². The molecule has 9 nitrogen and oxygen atoms in total. The van der Waals surface area contributed by atoms with Crippen molar-refractivity contribution in [2.45, 2.75) is 13.0 Å². The van der Waals surface area contributed by atoms with Crippen LogP contribution in [0.2, 0.25) is 0 Å². The molecule has 1 aliphatic rings. The molecule has 3 aromatic rings. The summed E-state index contributed by atoms with van der Waals surface area (Å²) in [7, 11) is 3.60. The third-order valence-corrected chi connectivity index (χ3v) is 4.50. The molecule has 4 heterocycles. The first-order valence-electron chi connectivity index (χ1n) is 7.74. The number of hydrogen-bond donors (Lipinski definition) is 0. The van der Waals surface area contributed by atoms with Crippen LogP contribution < -0.4 is 4.90 Å². The van der Waals surface area contributed by atoms with Crippen LogP contribution in [0.4, 0.5) is 5.82 Å². The molecule has 0 radical (unpaired) electrons. The third-order valence-electron chi connectivity index (χ3n) is 4.50. The maximum absolute atomic E-state index is 12.5. The quantitative estimate of drug-likeness (QED) is 0.680. The van der Waals surface area contributed by atoms with E-state index in [1.807, 2.05) is 26.1 Å². The van der Waals surface area contributed by atoms with Crippen molar-refractivity contribution < 1.29 is 4.79 Å². The molecule has 24 heavy (non-hydrogen) atoms. The number of carbonyl (C=O) groups is 1. The van der Waals surface area contributed by atoms with Gasteiger partial charge in [0.1, 0.15) is 11.5 Å². The lowest BCUT2D eigenvalue weighted by atomic mass is 10.1. The first-order valence-corrected chi connectivity index (χ1v) is 7.74. The van der Waals surface area contributed by atoms with Crippen molar-refractivity contribution in [3.05, 3.63) is 35.9 Å². The fourth-order valence-electron chi connectivity index (χ4n) is 2.87. The number of aryl methyl sites for hydroxylation is 2. The number of amides is 1. The summed E-state index contributed by atoms with van der Waals surface area (Å²) in [6, 6.07) is 5.73. The van der Waals surface area contributed by atoms with Crippen LogP contribution in [-0.2, 0) is 7.05 Å². The van der Waals surface area contributed by atoms with Crippen molar-refractivity contribution in [1.82, 2.24) is 34.5 Å². The lowest BCUT2D eigenvalue weighted by Crippen LogP contribution is -2.60. The summed E-state index contributed by atoms with van der Waals surface area (Å²) < 4.78 is 3.33. The van der Waals surface area contributed by atoms with Gasteiger partial charge in [0, 0.05) is 33.4 Å². The maximum Gasteiger partial charge on any atom is 0.272 e. The Kier molecular flexibility index (Phi) is 3.22. The zero-order valence-electron chi connectivity index (χ0n) is 13.8. The van der Waals surface area contributed by atoms with E-state index >= 15 is 0 Å². The summed E-state index contributed by atoms with van der Waals surface area (Å²) in [6.07, 6.45) is 1.63. The fourth-order valence-corrected chi connectivity index (χ4v) is 2.87. The van der Waals surface area contributed by atoms with E-state index in [0.717, 1.165) is 30.4 Å². The van der Waals surface area contributed by atoms with Crippen LogP contribution in [0.1, 0.15) is 16.3 Å². The minimum atomic E-state index is -0.0160. The molecule has 4 rings (SSSR count). The van der Waals surface area contributed by atoms with Gasteiger partial charge in [-0.15, -0.1) is 15.3 Å². The molecule has 1 fully saturated rings. The normalized spacial score (nSPS) is 14.9. The Labute approximate surface area is 138 Å². The molecule has 0 bridgehead atoms. The Balaban J connectivity index is 1.46. The average molecular weight is 326 g/mol. The van der Waals surface area contributed by atoms with Gasteiger partial charge in [0.05, 0.1) is 6.04 Å². The minimum absolute atomic E-state index is 0.0160. The number of aromatic nitrogens is 6. The predicted octanol–water partition coefficient (Wildman–Crippen LogP) is 0.127. The molecule has 0 aliphatic carbocycles. The molecule has 0 aromatic carbocycles. The third kappa shape index (κ3) is 2.20. The maximum atomic E-state index is 12.5. The van der Waals surface area contributed by atoms with Crippen LogP contribution in [0.5, 0.6) is 0 Å². The molecule has 3 aromatic heterocycles. The van der Waals surface area contributed by atoms with Crippen molar-refractivity contribution in [3.8, 4) is 0 Å². The van der Waals surface area contributed by atoms with Gasteiger partial charge in [0.25, 0.3) is 5.91 Å². The number of rotatable bonds is 3. The van der Waals surface area contributed by atoms with Crippen molar-refractivity contribution in [1.29, 1.82) is 0 Å². The second-order valence-electron chi connectivity index (χ2n) is 6.02. The summed E-state index contributed by atoms with van der Waals surface area (Å²) in [5.74, 6) is 1.60. The molecule has 0 N–H and O–H groups in total. The molecule has 0 atom stereocenters. The smallest absolute Gasteiger partial charge is 0.272 e. The second kappa shape index (κ2) is 5.29. The van der Waals surface area contributed by atoms with E-state index in [1.54, 1.807) is 33.4 Å². The lowest BCUT2D eigenvalue weighted by molar-refractivity contribution is 0.0694. The molecule has 0 spiro atoms. The van der Waals surface area contributed by atoms with Crippen LogP contribution in [0, 0.1) is 6.92 Å². The highest BCUT2D eigenvalue weighted by Crippen LogP contribution is 2.22. The molecule has 0 unspecified atom stereocenters. The summed E-state index contributed by atoms with van der Waals surface area (Å²) in [6.45, 7) is 3.37. The van der Waals surface area contributed by atoms with Crippen LogP contribution in [0.25, 0.3) is 5.65 Å². The number of nitrogens with zero attached hydrogens (tertiary/aromatic N) is 8. The number of fused-ring (bicyclic) bond motifs is 1. The topological polar surface area (TPSA) is 84.5 Å². The summed E-state index contributed by atoms with van der Waals surface area (Å²) in [5.41, 5.74) is 1.33. The second-order valence-corrected chi connectivity index (χ2v) is 6.02. The minimum Gasteiger partial charge on any atom is -0.351 e. The van der Waals surface area contributed by atoms with Crippen molar-refractivity contribution in [2.75, 3.05) is 25.0 Å². The van der Waals surface area contributed by atoms with E-state index in [9.17, 15) is 4.79 Å². The first-order chi connectivity index (χ1) is 11.5.